The number of anilines is 1. The Labute approximate surface area is 125 Å². The van der Waals surface area contributed by atoms with Crippen LogP contribution in [0.25, 0.3) is 0 Å². The summed E-state index contributed by atoms with van der Waals surface area (Å²) in [5.74, 6) is 0.377. The van der Waals surface area contributed by atoms with Crippen LogP contribution in [-0.4, -0.2) is 24.4 Å². The van der Waals surface area contributed by atoms with Crippen molar-refractivity contribution in [3.63, 3.8) is 0 Å². The highest BCUT2D eigenvalue weighted by molar-refractivity contribution is 7.92. The average Bonchev–Trinajstić information content (AvgIpc) is 2.85. The lowest BCUT2D eigenvalue weighted by Crippen LogP contribution is -2.18. The Morgan fingerprint density at radius 1 is 1.19 bits per heavy atom. The maximum atomic E-state index is 12.1. The van der Waals surface area contributed by atoms with Gasteiger partial charge in [-0.3, -0.25) is 9.82 Å². The molecule has 0 amide bonds. The number of nitrogens with one attached hydrogen (secondary N) is 2. The third-order valence-electron chi connectivity index (χ3n) is 3.15. The SMILES string of the molecule is CC(C)(C)c1cc(NS(=O)(=O)CCc2ccccc2)n[nH]1. The molecule has 6 heteroatoms. The Hall–Kier alpha value is -1.82. The molecule has 0 aliphatic rings. The lowest BCUT2D eigenvalue weighted by molar-refractivity contribution is 0.567. The molecule has 1 heterocycles. The molecule has 0 unspecified atom stereocenters. The minimum atomic E-state index is -3.40. The van der Waals surface area contributed by atoms with Crippen LogP contribution in [0.2, 0.25) is 0 Å². The number of sulfonamides is 1. The predicted octanol–water partition coefficient (Wildman–Crippen LogP) is 2.69. The summed E-state index contributed by atoms with van der Waals surface area (Å²) < 4.78 is 26.6. The quantitative estimate of drug-likeness (QED) is 0.892. The number of hydrogen-bond acceptors (Lipinski definition) is 3. The van der Waals surface area contributed by atoms with Crippen molar-refractivity contribution in [3.8, 4) is 0 Å². The van der Waals surface area contributed by atoms with Crippen molar-refractivity contribution in [1.29, 1.82) is 0 Å². The zero-order valence-electron chi connectivity index (χ0n) is 12.6. The first kappa shape index (κ1) is 15.6. The second kappa shape index (κ2) is 5.89. The normalized spacial score (nSPS) is 12.3. The lowest BCUT2D eigenvalue weighted by atomic mass is 9.92. The standard InChI is InChI=1S/C15H21N3O2S/c1-15(2,3)13-11-14(17-16-13)18-21(19,20)10-9-12-7-5-4-6-8-12/h4-8,11H,9-10H2,1-3H3,(H2,16,17,18). The number of benzene rings is 1. The van der Waals surface area contributed by atoms with Crippen LogP contribution in [0.5, 0.6) is 0 Å². The van der Waals surface area contributed by atoms with Crippen LogP contribution in [0.15, 0.2) is 36.4 Å². The maximum absolute atomic E-state index is 12.1. The first-order chi connectivity index (χ1) is 9.76. The Morgan fingerprint density at radius 3 is 2.43 bits per heavy atom. The Bertz CT molecular complexity index is 685. The van der Waals surface area contributed by atoms with Gasteiger partial charge in [-0.25, -0.2) is 8.42 Å². The molecule has 0 atom stereocenters. The van der Waals surface area contributed by atoms with Gasteiger partial charge >= 0.3 is 0 Å². The van der Waals surface area contributed by atoms with Gasteiger partial charge in [-0.1, -0.05) is 51.1 Å². The Kier molecular flexibility index (Phi) is 4.37. The number of rotatable bonds is 5. The van der Waals surface area contributed by atoms with Crippen molar-refractivity contribution < 1.29 is 8.42 Å². The Morgan fingerprint density at radius 2 is 1.86 bits per heavy atom. The monoisotopic (exact) mass is 307 g/mol. The number of nitrogens with zero attached hydrogens (tertiary/aromatic N) is 1. The van der Waals surface area contributed by atoms with Gasteiger partial charge in [0.2, 0.25) is 10.0 Å². The van der Waals surface area contributed by atoms with E-state index in [-0.39, 0.29) is 11.2 Å². The first-order valence-corrected chi connectivity index (χ1v) is 8.52. The summed E-state index contributed by atoms with van der Waals surface area (Å²) in [5, 5.41) is 6.87. The third-order valence-corrected chi connectivity index (χ3v) is 4.41. The van der Waals surface area contributed by atoms with E-state index >= 15 is 0 Å². The minimum Gasteiger partial charge on any atom is -0.280 e. The molecule has 2 aromatic rings. The number of hydrogen-bond donors (Lipinski definition) is 2. The van der Waals surface area contributed by atoms with E-state index in [1.165, 1.54) is 0 Å². The summed E-state index contributed by atoms with van der Waals surface area (Å²) in [6, 6.07) is 11.3. The second-order valence-corrected chi connectivity index (χ2v) is 7.92. The highest BCUT2D eigenvalue weighted by Gasteiger charge is 2.18. The van der Waals surface area contributed by atoms with Crippen LogP contribution in [0, 0.1) is 0 Å². The van der Waals surface area contributed by atoms with Gasteiger partial charge in [0.1, 0.15) is 0 Å². The van der Waals surface area contributed by atoms with Crippen molar-refractivity contribution in [1.82, 2.24) is 10.2 Å². The molecule has 114 valence electrons. The van der Waals surface area contributed by atoms with Crippen molar-refractivity contribution >= 4 is 15.8 Å². The molecule has 0 aliphatic carbocycles. The zero-order valence-corrected chi connectivity index (χ0v) is 13.4. The Balaban J connectivity index is 1.99. The molecule has 0 saturated carbocycles. The molecule has 2 rings (SSSR count). The predicted molar refractivity (Wildman–Crippen MR) is 84.8 cm³/mol. The van der Waals surface area contributed by atoms with Gasteiger partial charge in [0, 0.05) is 17.2 Å². The molecule has 1 aromatic carbocycles. The van der Waals surface area contributed by atoms with Gasteiger partial charge in [-0.2, -0.15) is 5.10 Å². The second-order valence-electron chi connectivity index (χ2n) is 6.07. The summed E-state index contributed by atoms with van der Waals surface area (Å²) in [6.45, 7) is 6.11. The molecular formula is C15H21N3O2S. The van der Waals surface area contributed by atoms with Gasteiger partial charge in [0.15, 0.2) is 5.82 Å². The summed E-state index contributed by atoms with van der Waals surface area (Å²) in [5.41, 5.74) is 1.80. The summed E-state index contributed by atoms with van der Waals surface area (Å²) >= 11 is 0. The van der Waals surface area contributed by atoms with E-state index in [2.05, 4.69) is 14.9 Å². The van der Waals surface area contributed by atoms with Crippen molar-refractivity contribution in [2.75, 3.05) is 10.5 Å². The third kappa shape index (κ3) is 4.60. The van der Waals surface area contributed by atoms with E-state index in [0.717, 1.165) is 11.3 Å². The fraction of sp³-hybridized carbons (Fsp3) is 0.400. The molecule has 21 heavy (non-hydrogen) atoms. The molecule has 0 fully saturated rings. The van der Waals surface area contributed by atoms with Crippen molar-refractivity contribution in [2.45, 2.75) is 32.6 Å². The maximum Gasteiger partial charge on any atom is 0.234 e. The molecular weight excluding hydrogens is 286 g/mol. The molecule has 0 saturated heterocycles. The van der Waals surface area contributed by atoms with Crippen LogP contribution in [0.3, 0.4) is 0 Å². The van der Waals surface area contributed by atoms with E-state index < -0.39 is 10.0 Å². The average molecular weight is 307 g/mol. The van der Waals surface area contributed by atoms with Crippen LogP contribution in [-0.2, 0) is 21.9 Å². The fourth-order valence-corrected chi connectivity index (χ4v) is 2.90. The number of aromatic amines is 1. The molecule has 0 radical (unpaired) electrons. The molecule has 2 N–H and O–H groups in total. The van der Waals surface area contributed by atoms with E-state index in [9.17, 15) is 8.42 Å². The molecule has 5 nitrogen and oxygen atoms in total. The van der Waals surface area contributed by atoms with E-state index in [1.807, 2.05) is 51.1 Å². The fourth-order valence-electron chi connectivity index (χ4n) is 1.87. The van der Waals surface area contributed by atoms with Gasteiger partial charge in [0.05, 0.1) is 5.75 Å². The highest BCUT2D eigenvalue weighted by Crippen LogP contribution is 2.22. The van der Waals surface area contributed by atoms with Crippen LogP contribution in [0.4, 0.5) is 5.82 Å². The smallest absolute Gasteiger partial charge is 0.234 e. The van der Waals surface area contributed by atoms with Crippen LogP contribution in [0.1, 0.15) is 32.0 Å². The van der Waals surface area contributed by atoms with Gasteiger partial charge < -0.3 is 0 Å². The van der Waals surface area contributed by atoms with Gasteiger partial charge in [0.25, 0.3) is 0 Å². The first-order valence-electron chi connectivity index (χ1n) is 6.86. The highest BCUT2D eigenvalue weighted by atomic mass is 32.2. The summed E-state index contributed by atoms with van der Waals surface area (Å²) in [4.78, 5) is 0. The van der Waals surface area contributed by atoms with E-state index in [1.54, 1.807) is 6.07 Å². The largest absolute Gasteiger partial charge is 0.280 e. The van der Waals surface area contributed by atoms with E-state index in [4.69, 9.17) is 0 Å². The van der Waals surface area contributed by atoms with Gasteiger partial charge in [-0.15, -0.1) is 0 Å². The summed E-state index contributed by atoms with van der Waals surface area (Å²) in [7, 11) is -3.40. The van der Waals surface area contributed by atoms with Crippen LogP contribution >= 0.6 is 0 Å². The number of aromatic nitrogens is 2. The molecule has 0 bridgehead atoms. The van der Waals surface area contributed by atoms with E-state index in [0.29, 0.717) is 12.2 Å². The number of aryl methyl sites for hydroxylation is 1. The molecule has 0 aliphatic heterocycles. The van der Waals surface area contributed by atoms with Crippen molar-refractivity contribution in [3.05, 3.63) is 47.7 Å². The van der Waals surface area contributed by atoms with Crippen LogP contribution < -0.4 is 4.72 Å². The summed E-state index contributed by atoms with van der Waals surface area (Å²) in [6.07, 6.45) is 0.479. The van der Waals surface area contributed by atoms with Gasteiger partial charge in [-0.05, 0) is 12.0 Å². The zero-order chi connectivity index (χ0) is 15.5. The molecule has 1 aromatic heterocycles. The topological polar surface area (TPSA) is 74.8 Å². The molecule has 0 spiro atoms. The lowest BCUT2D eigenvalue weighted by Gasteiger charge is -2.14. The van der Waals surface area contributed by atoms with Crippen molar-refractivity contribution in [2.24, 2.45) is 0 Å². The number of H-pyrrole nitrogens is 1. The minimum absolute atomic E-state index is 0.0364.